The SMILES string of the molecule is COc1ccc(Cn2ccc3ccc([P+](=O)O)cc32)cc1. The second-order valence-electron chi connectivity index (χ2n) is 4.81. The topological polar surface area (TPSA) is 51.5 Å². The lowest BCUT2D eigenvalue weighted by Gasteiger charge is -2.06. The predicted octanol–water partition coefficient (Wildman–Crippen LogP) is 3.06. The highest BCUT2D eigenvalue weighted by atomic mass is 31.1. The van der Waals surface area contributed by atoms with Crippen LogP contribution in [0, 0.1) is 0 Å². The molecule has 0 fully saturated rings. The van der Waals surface area contributed by atoms with E-state index in [1.54, 1.807) is 19.2 Å². The molecule has 21 heavy (non-hydrogen) atoms. The molecule has 0 saturated carbocycles. The summed E-state index contributed by atoms with van der Waals surface area (Å²) in [5.74, 6) is 0.829. The van der Waals surface area contributed by atoms with Crippen LogP contribution in [0.1, 0.15) is 5.56 Å². The van der Waals surface area contributed by atoms with E-state index in [4.69, 9.17) is 4.74 Å². The minimum atomic E-state index is -2.31. The quantitative estimate of drug-likeness (QED) is 0.753. The van der Waals surface area contributed by atoms with Gasteiger partial charge >= 0.3 is 8.03 Å². The van der Waals surface area contributed by atoms with Gasteiger partial charge in [0.25, 0.3) is 0 Å². The Morgan fingerprint density at radius 3 is 2.57 bits per heavy atom. The summed E-state index contributed by atoms with van der Waals surface area (Å²) in [5, 5.41) is 1.51. The molecule has 0 radical (unpaired) electrons. The zero-order valence-electron chi connectivity index (χ0n) is 11.6. The molecule has 2 aromatic carbocycles. The molecule has 0 bridgehead atoms. The number of hydrogen-bond acceptors (Lipinski definition) is 2. The molecule has 3 rings (SSSR count). The molecule has 1 heterocycles. The van der Waals surface area contributed by atoms with E-state index in [2.05, 4.69) is 4.57 Å². The van der Waals surface area contributed by atoms with E-state index >= 15 is 0 Å². The first-order chi connectivity index (χ1) is 10.2. The fourth-order valence-electron chi connectivity index (χ4n) is 2.36. The third kappa shape index (κ3) is 2.82. The van der Waals surface area contributed by atoms with Crippen molar-refractivity contribution in [2.24, 2.45) is 0 Å². The normalized spacial score (nSPS) is 11.6. The largest absolute Gasteiger partial charge is 0.546 e. The van der Waals surface area contributed by atoms with Crippen LogP contribution < -0.4 is 10.0 Å². The second kappa shape index (κ2) is 5.68. The summed E-state index contributed by atoms with van der Waals surface area (Å²) in [5.41, 5.74) is 2.10. The van der Waals surface area contributed by atoms with Gasteiger partial charge in [0.05, 0.1) is 12.6 Å². The maximum atomic E-state index is 11.2. The highest BCUT2D eigenvalue weighted by molar-refractivity contribution is 7.47. The molecule has 0 spiro atoms. The fraction of sp³-hybridized carbons (Fsp3) is 0.125. The number of fused-ring (bicyclic) bond motifs is 1. The van der Waals surface area contributed by atoms with Crippen LogP contribution in [-0.2, 0) is 11.1 Å². The number of aromatic nitrogens is 1. The summed E-state index contributed by atoms with van der Waals surface area (Å²) < 4.78 is 18.5. The number of hydrogen-bond donors (Lipinski definition) is 1. The van der Waals surface area contributed by atoms with Crippen molar-refractivity contribution in [1.82, 2.24) is 4.57 Å². The van der Waals surface area contributed by atoms with E-state index in [9.17, 15) is 9.46 Å². The average molecular weight is 300 g/mol. The molecule has 106 valence electrons. The molecule has 3 aromatic rings. The Bertz CT molecular complexity index is 793. The summed E-state index contributed by atoms with van der Waals surface area (Å²) in [7, 11) is -0.663. The molecule has 4 nitrogen and oxygen atoms in total. The molecular weight excluding hydrogens is 285 g/mol. The van der Waals surface area contributed by atoms with Crippen LogP contribution in [0.2, 0.25) is 0 Å². The van der Waals surface area contributed by atoms with Crippen LogP contribution in [0.3, 0.4) is 0 Å². The summed E-state index contributed by atoms with van der Waals surface area (Å²) in [6.07, 6.45) is 1.99. The van der Waals surface area contributed by atoms with E-state index in [1.807, 2.05) is 42.6 Å². The van der Waals surface area contributed by atoms with Gasteiger partial charge in [0.1, 0.15) is 5.75 Å². The summed E-state index contributed by atoms with van der Waals surface area (Å²) in [6.45, 7) is 0.707. The van der Waals surface area contributed by atoms with E-state index in [1.165, 1.54) is 0 Å². The first-order valence-corrected chi connectivity index (χ1v) is 7.76. The lowest BCUT2D eigenvalue weighted by atomic mass is 10.2. The van der Waals surface area contributed by atoms with Crippen molar-refractivity contribution in [1.29, 1.82) is 0 Å². The molecule has 5 heteroatoms. The van der Waals surface area contributed by atoms with Gasteiger partial charge in [0, 0.05) is 18.8 Å². The van der Waals surface area contributed by atoms with E-state index in [0.29, 0.717) is 11.8 Å². The molecule has 1 N–H and O–H groups in total. The highest BCUT2D eigenvalue weighted by Gasteiger charge is 2.17. The van der Waals surface area contributed by atoms with Crippen LogP contribution in [0.5, 0.6) is 5.75 Å². The fourth-order valence-corrected chi connectivity index (χ4v) is 2.79. The summed E-state index contributed by atoms with van der Waals surface area (Å²) in [6, 6.07) is 15.2. The lowest BCUT2D eigenvalue weighted by Crippen LogP contribution is -2.01. The van der Waals surface area contributed by atoms with Crippen molar-refractivity contribution in [3.05, 3.63) is 60.3 Å². The maximum Gasteiger partial charge on any atom is 0.546 e. The molecule has 1 atom stereocenters. The zero-order valence-corrected chi connectivity index (χ0v) is 12.5. The monoisotopic (exact) mass is 300 g/mol. The molecular formula is C16H15NO3P+. The van der Waals surface area contributed by atoms with Crippen molar-refractivity contribution in [2.45, 2.75) is 6.54 Å². The minimum Gasteiger partial charge on any atom is -0.497 e. The first kappa shape index (κ1) is 13.8. The standard InChI is InChI=1S/C16H14NO3P/c1-20-14-5-2-12(3-6-14)11-17-9-8-13-4-7-15(21(18)19)10-16(13)17/h2-10H,11H2,1H3/p+1. The third-order valence-electron chi connectivity index (χ3n) is 3.49. The van der Waals surface area contributed by atoms with Gasteiger partial charge in [-0.25, -0.2) is 0 Å². The van der Waals surface area contributed by atoms with Gasteiger partial charge < -0.3 is 9.30 Å². The number of ether oxygens (including phenoxy) is 1. The van der Waals surface area contributed by atoms with Crippen molar-refractivity contribution in [3.63, 3.8) is 0 Å². The Morgan fingerprint density at radius 1 is 1.14 bits per heavy atom. The highest BCUT2D eigenvalue weighted by Crippen LogP contribution is 2.21. The van der Waals surface area contributed by atoms with Gasteiger partial charge in [-0.05, 0) is 45.8 Å². The average Bonchev–Trinajstić information content (AvgIpc) is 2.90. The van der Waals surface area contributed by atoms with Gasteiger partial charge in [-0.2, -0.15) is 4.89 Å². The predicted molar refractivity (Wildman–Crippen MR) is 83.5 cm³/mol. The summed E-state index contributed by atoms with van der Waals surface area (Å²) in [4.78, 5) is 9.25. The molecule has 1 unspecified atom stereocenters. The van der Waals surface area contributed by atoms with Gasteiger partial charge in [-0.3, -0.25) is 0 Å². The Hall–Kier alpha value is -2.16. The first-order valence-electron chi connectivity index (χ1n) is 6.55. The number of rotatable bonds is 4. The Kier molecular flexibility index (Phi) is 3.74. The van der Waals surface area contributed by atoms with Gasteiger partial charge in [0.15, 0.2) is 0 Å². The summed E-state index contributed by atoms with van der Waals surface area (Å²) >= 11 is 0. The third-order valence-corrected chi connectivity index (χ3v) is 4.21. The van der Waals surface area contributed by atoms with Crippen molar-refractivity contribution < 1.29 is 14.2 Å². The van der Waals surface area contributed by atoms with Gasteiger partial charge in [0.2, 0.25) is 5.30 Å². The van der Waals surface area contributed by atoms with E-state index < -0.39 is 8.03 Å². The van der Waals surface area contributed by atoms with Gasteiger partial charge in [-0.1, -0.05) is 12.1 Å². The van der Waals surface area contributed by atoms with Crippen LogP contribution >= 0.6 is 8.03 Å². The smallest absolute Gasteiger partial charge is 0.497 e. The number of nitrogens with zero attached hydrogens (tertiary/aromatic N) is 1. The number of methoxy groups -OCH3 is 1. The lowest BCUT2D eigenvalue weighted by molar-refractivity contribution is 0.414. The van der Waals surface area contributed by atoms with E-state index in [-0.39, 0.29) is 0 Å². The van der Waals surface area contributed by atoms with Crippen LogP contribution in [-0.4, -0.2) is 16.6 Å². The molecule has 0 aliphatic heterocycles. The van der Waals surface area contributed by atoms with Crippen LogP contribution in [0.4, 0.5) is 0 Å². The molecule has 0 aliphatic rings. The molecule has 0 saturated heterocycles. The minimum absolute atomic E-state index is 0.451. The Labute approximate surface area is 123 Å². The van der Waals surface area contributed by atoms with Crippen molar-refractivity contribution >= 4 is 24.2 Å². The van der Waals surface area contributed by atoms with Crippen LogP contribution in [0.25, 0.3) is 10.9 Å². The maximum absolute atomic E-state index is 11.2. The van der Waals surface area contributed by atoms with Crippen molar-refractivity contribution in [3.8, 4) is 5.75 Å². The second-order valence-corrected chi connectivity index (χ2v) is 5.87. The Balaban J connectivity index is 1.95. The molecule has 0 aliphatic carbocycles. The van der Waals surface area contributed by atoms with E-state index in [0.717, 1.165) is 22.2 Å². The van der Waals surface area contributed by atoms with Crippen molar-refractivity contribution in [2.75, 3.05) is 7.11 Å². The van der Waals surface area contributed by atoms with Gasteiger partial charge in [-0.15, -0.1) is 0 Å². The zero-order chi connectivity index (χ0) is 14.8. The van der Waals surface area contributed by atoms with Crippen LogP contribution in [0.15, 0.2) is 54.7 Å². The Morgan fingerprint density at radius 2 is 1.90 bits per heavy atom. The molecule has 0 amide bonds. The molecule has 1 aromatic heterocycles. The number of benzene rings is 2.